The number of nitrogens with one attached hydrogen (secondary N) is 1. The van der Waals surface area contributed by atoms with Crippen LogP contribution in [0.4, 0.5) is 0 Å². The molecule has 0 amide bonds. The maximum Gasteiger partial charge on any atom is 0.114 e. The van der Waals surface area contributed by atoms with Crippen LogP contribution in [-0.4, -0.2) is 18.3 Å². The molecular formula is C13H21NOS. The van der Waals surface area contributed by atoms with Gasteiger partial charge in [0.25, 0.3) is 0 Å². The minimum atomic E-state index is 0.407. The zero-order valence-electron chi connectivity index (χ0n) is 10.5. The molecule has 0 radical (unpaired) electrons. The van der Waals surface area contributed by atoms with Crippen molar-refractivity contribution in [2.45, 2.75) is 49.8 Å². The molecule has 0 aliphatic heterocycles. The van der Waals surface area contributed by atoms with Crippen molar-refractivity contribution < 1.29 is 4.42 Å². The van der Waals surface area contributed by atoms with Gasteiger partial charge in [0.2, 0.25) is 0 Å². The smallest absolute Gasteiger partial charge is 0.114 e. The van der Waals surface area contributed by atoms with Crippen LogP contribution in [0.5, 0.6) is 0 Å². The van der Waals surface area contributed by atoms with Gasteiger partial charge in [0.05, 0.1) is 6.26 Å². The van der Waals surface area contributed by atoms with Crippen LogP contribution < -0.4 is 5.32 Å². The van der Waals surface area contributed by atoms with E-state index in [2.05, 4.69) is 32.3 Å². The second-order valence-corrected chi connectivity index (χ2v) is 6.57. The minimum absolute atomic E-state index is 0.407. The molecule has 2 unspecified atom stereocenters. The predicted molar refractivity (Wildman–Crippen MR) is 69.0 cm³/mol. The molecule has 1 saturated carbocycles. The molecule has 0 saturated heterocycles. The van der Waals surface area contributed by atoms with Crippen LogP contribution in [0.1, 0.15) is 32.4 Å². The van der Waals surface area contributed by atoms with Crippen molar-refractivity contribution in [3.05, 3.63) is 18.1 Å². The van der Waals surface area contributed by atoms with E-state index in [-0.39, 0.29) is 0 Å². The van der Waals surface area contributed by atoms with Crippen molar-refractivity contribution in [1.29, 1.82) is 0 Å². The van der Waals surface area contributed by atoms with Crippen LogP contribution >= 0.6 is 11.8 Å². The molecule has 1 fully saturated rings. The second kappa shape index (κ2) is 4.46. The lowest BCUT2D eigenvalue weighted by Crippen LogP contribution is -2.41. The highest BCUT2D eigenvalue weighted by molar-refractivity contribution is 8.00. The average Bonchev–Trinajstić information content (AvgIpc) is 2.73. The van der Waals surface area contributed by atoms with Crippen molar-refractivity contribution in [2.24, 2.45) is 5.41 Å². The molecular weight excluding hydrogens is 218 g/mol. The van der Waals surface area contributed by atoms with E-state index in [1.165, 1.54) is 17.7 Å². The molecule has 1 aliphatic rings. The summed E-state index contributed by atoms with van der Waals surface area (Å²) in [6, 6.07) is 2.67. The largest absolute Gasteiger partial charge is 0.468 e. The van der Waals surface area contributed by atoms with E-state index in [0.29, 0.717) is 16.7 Å². The van der Waals surface area contributed by atoms with Gasteiger partial charge in [-0.2, -0.15) is 0 Å². The molecule has 1 aliphatic carbocycles. The Balaban J connectivity index is 2.09. The number of aryl methyl sites for hydroxylation is 1. The molecule has 0 aromatic carbocycles. The maximum absolute atomic E-state index is 5.35. The van der Waals surface area contributed by atoms with Crippen molar-refractivity contribution in [3.63, 3.8) is 0 Å². The molecule has 2 atom stereocenters. The molecule has 3 heteroatoms. The van der Waals surface area contributed by atoms with Crippen molar-refractivity contribution in [1.82, 2.24) is 5.32 Å². The Morgan fingerprint density at radius 1 is 1.50 bits per heavy atom. The summed E-state index contributed by atoms with van der Waals surface area (Å²) < 4.78 is 5.35. The van der Waals surface area contributed by atoms with Crippen LogP contribution in [0.15, 0.2) is 21.6 Å². The first-order chi connectivity index (χ1) is 7.54. The Hall–Kier alpha value is -0.410. The Labute approximate surface area is 102 Å². The predicted octanol–water partition coefficient (Wildman–Crippen LogP) is 3.46. The highest BCUT2D eigenvalue weighted by Gasteiger charge is 2.41. The Morgan fingerprint density at radius 3 is 2.81 bits per heavy atom. The van der Waals surface area contributed by atoms with Gasteiger partial charge in [-0.3, -0.25) is 0 Å². The van der Waals surface area contributed by atoms with E-state index in [9.17, 15) is 0 Å². The average molecular weight is 239 g/mol. The van der Waals surface area contributed by atoms with Crippen LogP contribution in [0.2, 0.25) is 0 Å². The second-order valence-electron chi connectivity index (χ2n) is 5.29. The first-order valence-electron chi connectivity index (χ1n) is 5.92. The first kappa shape index (κ1) is 12.1. The van der Waals surface area contributed by atoms with Gasteiger partial charge in [0.15, 0.2) is 0 Å². The van der Waals surface area contributed by atoms with Crippen molar-refractivity contribution >= 4 is 11.8 Å². The molecule has 2 nitrogen and oxygen atoms in total. The standard InChI is InChI=1S/C13H21NOS/c1-9-10(6-8-15-9)16-11-5-7-13(2,3)12(11)14-4/h6,8,11-12,14H,5,7H2,1-4H3. The summed E-state index contributed by atoms with van der Waals surface area (Å²) >= 11 is 1.96. The highest BCUT2D eigenvalue weighted by atomic mass is 32.2. The van der Waals surface area contributed by atoms with E-state index >= 15 is 0 Å². The molecule has 90 valence electrons. The summed E-state index contributed by atoms with van der Waals surface area (Å²) in [5, 5.41) is 4.15. The minimum Gasteiger partial charge on any atom is -0.468 e. The fraction of sp³-hybridized carbons (Fsp3) is 0.692. The van der Waals surface area contributed by atoms with Gasteiger partial charge in [-0.05, 0) is 38.3 Å². The number of rotatable bonds is 3. The van der Waals surface area contributed by atoms with Gasteiger partial charge in [-0.25, -0.2) is 0 Å². The number of hydrogen-bond acceptors (Lipinski definition) is 3. The molecule has 1 aromatic rings. The van der Waals surface area contributed by atoms with Gasteiger partial charge < -0.3 is 9.73 Å². The van der Waals surface area contributed by atoms with Gasteiger partial charge in [-0.15, -0.1) is 11.8 Å². The van der Waals surface area contributed by atoms with E-state index < -0.39 is 0 Å². The third-order valence-electron chi connectivity index (χ3n) is 3.69. The number of thioether (sulfide) groups is 1. The van der Waals surface area contributed by atoms with Crippen LogP contribution in [0.3, 0.4) is 0 Å². The fourth-order valence-corrected chi connectivity index (χ4v) is 4.25. The zero-order chi connectivity index (χ0) is 11.8. The lowest BCUT2D eigenvalue weighted by Gasteiger charge is -2.30. The lowest BCUT2D eigenvalue weighted by atomic mass is 9.87. The summed E-state index contributed by atoms with van der Waals surface area (Å²) in [5.74, 6) is 1.05. The van der Waals surface area contributed by atoms with Gasteiger partial charge in [-0.1, -0.05) is 13.8 Å². The van der Waals surface area contributed by atoms with Crippen molar-refractivity contribution in [3.8, 4) is 0 Å². The third kappa shape index (κ3) is 2.16. The van der Waals surface area contributed by atoms with E-state index in [4.69, 9.17) is 4.42 Å². The molecule has 2 rings (SSSR count). The SMILES string of the molecule is CNC1C(Sc2ccoc2C)CCC1(C)C. The summed E-state index contributed by atoms with van der Waals surface area (Å²) in [6.07, 6.45) is 4.37. The topological polar surface area (TPSA) is 25.2 Å². The first-order valence-corrected chi connectivity index (χ1v) is 6.80. The summed E-state index contributed by atoms with van der Waals surface area (Å²) in [6.45, 7) is 6.75. The maximum atomic E-state index is 5.35. The van der Waals surface area contributed by atoms with Crippen molar-refractivity contribution in [2.75, 3.05) is 7.05 Å². The molecule has 0 spiro atoms. The molecule has 1 aromatic heterocycles. The van der Waals surface area contributed by atoms with Gasteiger partial charge in [0.1, 0.15) is 5.76 Å². The highest BCUT2D eigenvalue weighted by Crippen LogP contribution is 2.45. The van der Waals surface area contributed by atoms with E-state index in [1.807, 2.05) is 18.7 Å². The molecule has 0 bridgehead atoms. The number of hydrogen-bond donors (Lipinski definition) is 1. The Bertz CT molecular complexity index is 359. The monoisotopic (exact) mass is 239 g/mol. The van der Waals surface area contributed by atoms with E-state index in [1.54, 1.807) is 6.26 Å². The molecule has 1 N–H and O–H groups in total. The Kier molecular flexibility index (Phi) is 3.36. The fourth-order valence-electron chi connectivity index (χ4n) is 2.70. The third-order valence-corrected chi connectivity index (χ3v) is 5.18. The molecule has 1 heterocycles. The van der Waals surface area contributed by atoms with Crippen LogP contribution in [-0.2, 0) is 0 Å². The Morgan fingerprint density at radius 2 is 2.25 bits per heavy atom. The number of furan rings is 1. The van der Waals surface area contributed by atoms with Gasteiger partial charge in [0, 0.05) is 16.2 Å². The summed E-state index contributed by atoms with van der Waals surface area (Å²) in [7, 11) is 2.08. The van der Waals surface area contributed by atoms with Crippen LogP contribution in [0, 0.1) is 12.3 Å². The van der Waals surface area contributed by atoms with Crippen LogP contribution in [0.25, 0.3) is 0 Å². The van der Waals surface area contributed by atoms with E-state index in [0.717, 1.165) is 5.76 Å². The quantitative estimate of drug-likeness (QED) is 0.874. The summed E-state index contributed by atoms with van der Waals surface area (Å²) in [4.78, 5) is 1.29. The normalized spacial score (nSPS) is 28.5. The summed E-state index contributed by atoms with van der Waals surface area (Å²) in [5.41, 5.74) is 0.407. The molecule has 16 heavy (non-hydrogen) atoms. The zero-order valence-corrected chi connectivity index (χ0v) is 11.4. The lowest BCUT2D eigenvalue weighted by molar-refractivity contribution is 0.300. The van der Waals surface area contributed by atoms with Gasteiger partial charge >= 0.3 is 0 Å².